The van der Waals surface area contributed by atoms with Crippen LogP contribution in [0, 0.1) is 0 Å². The number of hydrogen-bond donors (Lipinski definition) is 1. The van der Waals surface area contributed by atoms with Crippen LogP contribution in [0.4, 0.5) is 0 Å². The Labute approximate surface area is 120 Å². The molecule has 0 amide bonds. The number of rotatable bonds is 7. The number of ether oxygens (including phenoxy) is 1. The average Bonchev–Trinajstić information content (AvgIpc) is 2.79. The van der Waals surface area contributed by atoms with Gasteiger partial charge in [-0.25, -0.2) is 4.79 Å². The van der Waals surface area contributed by atoms with E-state index in [1.165, 1.54) is 0 Å². The summed E-state index contributed by atoms with van der Waals surface area (Å²) in [5.41, 5.74) is 1.31. The number of aliphatic hydroxyl groups excluding tert-OH is 1. The Balaban J connectivity index is 2.88. The molecule has 0 saturated heterocycles. The average molecular weight is 282 g/mol. The fourth-order valence-electron chi connectivity index (χ4n) is 1.87. The standard InChI is InChI=1S/C15H26N2O3/c1-5-20-14(19)12-11-13(15(2,3)4)16-17(12)9-7-6-8-10-18/h11,18H,5-10H2,1-4H3. The molecule has 0 atom stereocenters. The second-order valence-corrected chi connectivity index (χ2v) is 5.89. The molecule has 1 rings (SSSR count). The molecule has 1 aromatic rings. The number of carbonyl (C=O) groups is 1. The van der Waals surface area contributed by atoms with Crippen molar-refractivity contribution in [1.29, 1.82) is 0 Å². The Morgan fingerprint density at radius 1 is 1.35 bits per heavy atom. The molecular formula is C15H26N2O3. The third-order valence-electron chi connectivity index (χ3n) is 3.06. The van der Waals surface area contributed by atoms with Gasteiger partial charge in [0.1, 0.15) is 5.69 Å². The van der Waals surface area contributed by atoms with Crippen molar-refractivity contribution in [3.8, 4) is 0 Å². The highest BCUT2D eigenvalue weighted by Crippen LogP contribution is 2.22. The number of aryl methyl sites for hydroxylation is 1. The predicted molar refractivity (Wildman–Crippen MR) is 77.8 cm³/mol. The zero-order valence-corrected chi connectivity index (χ0v) is 13.0. The number of esters is 1. The Hall–Kier alpha value is -1.36. The molecule has 0 aliphatic rings. The van der Waals surface area contributed by atoms with E-state index >= 15 is 0 Å². The van der Waals surface area contributed by atoms with Gasteiger partial charge in [-0.1, -0.05) is 20.8 Å². The second kappa shape index (κ2) is 7.43. The van der Waals surface area contributed by atoms with Crippen molar-refractivity contribution in [3.63, 3.8) is 0 Å². The van der Waals surface area contributed by atoms with Crippen LogP contribution in [0.15, 0.2) is 6.07 Å². The highest BCUT2D eigenvalue weighted by molar-refractivity contribution is 5.87. The smallest absolute Gasteiger partial charge is 0.356 e. The van der Waals surface area contributed by atoms with Crippen molar-refractivity contribution in [2.75, 3.05) is 13.2 Å². The predicted octanol–water partition coefficient (Wildman–Crippen LogP) is 2.52. The SMILES string of the molecule is CCOC(=O)c1cc(C(C)(C)C)nn1CCCCCO. The Kier molecular flexibility index (Phi) is 6.20. The summed E-state index contributed by atoms with van der Waals surface area (Å²) in [7, 11) is 0. The maximum Gasteiger partial charge on any atom is 0.356 e. The summed E-state index contributed by atoms with van der Waals surface area (Å²) in [5, 5.41) is 13.3. The molecule has 1 heterocycles. The molecule has 0 radical (unpaired) electrons. The maximum atomic E-state index is 12.0. The molecular weight excluding hydrogens is 256 g/mol. The van der Waals surface area contributed by atoms with Crippen LogP contribution in [-0.4, -0.2) is 34.1 Å². The quantitative estimate of drug-likeness (QED) is 0.616. The molecule has 0 aliphatic carbocycles. The van der Waals surface area contributed by atoms with Crippen LogP contribution in [0.5, 0.6) is 0 Å². The normalized spacial score (nSPS) is 11.7. The first-order chi connectivity index (χ1) is 9.40. The molecule has 1 N–H and O–H groups in total. The zero-order chi connectivity index (χ0) is 15.2. The lowest BCUT2D eigenvalue weighted by molar-refractivity contribution is 0.0511. The van der Waals surface area contributed by atoms with E-state index in [4.69, 9.17) is 9.84 Å². The number of unbranched alkanes of at least 4 members (excludes halogenated alkanes) is 2. The third kappa shape index (κ3) is 4.63. The van der Waals surface area contributed by atoms with E-state index in [9.17, 15) is 4.79 Å². The highest BCUT2D eigenvalue weighted by atomic mass is 16.5. The Morgan fingerprint density at radius 3 is 2.60 bits per heavy atom. The molecule has 1 aromatic heterocycles. The summed E-state index contributed by atoms with van der Waals surface area (Å²) < 4.78 is 6.81. The monoisotopic (exact) mass is 282 g/mol. The maximum absolute atomic E-state index is 12.0. The number of hydrogen-bond acceptors (Lipinski definition) is 4. The van der Waals surface area contributed by atoms with Crippen molar-refractivity contribution in [2.45, 2.75) is 58.9 Å². The van der Waals surface area contributed by atoms with Crippen molar-refractivity contribution in [3.05, 3.63) is 17.5 Å². The number of nitrogens with zero attached hydrogens (tertiary/aromatic N) is 2. The molecule has 0 fully saturated rings. The Bertz CT molecular complexity index is 433. The van der Waals surface area contributed by atoms with Gasteiger partial charge in [0.2, 0.25) is 0 Å². The molecule has 0 unspecified atom stereocenters. The van der Waals surface area contributed by atoms with Crippen LogP contribution in [0.2, 0.25) is 0 Å². The van der Waals surface area contributed by atoms with Gasteiger partial charge in [0.15, 0.2) is 0 Å². The first-order valence-corrected chi connectivity index (χ1v) is 7.26. The lowest BCUT2D eigenvalue weighted by Gasteiger charge is -2.14. The van der Waals surface area contributed by atoms with Gasteiger partial charge in [-0.2, -0.15) is 5.10 Å². The van der Waals surface area contributed by atoms with Gasteiger partial charge < -0.3 is 9.84 Å². The Morgan fingerprint density at radius 2 is 2.05 bits per heavy atom. The molecule has 0 spiro atoms. The molecule has 0 bridgehead atoms. The summed E-state index contributed by atoms with van der Waals surface area (Å²) >= 11 is 0. The number of aliphatic hydroxyl groups is 1. The van der Waals surface area contributed by atoms with E-state index in [1.807, 2.05) is 6.07 Å². The molecule has 0 saturated carbocycles. The van der Waals surface area contributed by atoms with Crippen LogP contribution < -0.4 is 0 Å². The number of carbonyl (C=O) groups excluding carboxylic acids is 1. The van der Waals surface area contributed by atoms with Crippen LogP contribution in [0.3, 0.4) is 0 Å². The van der Waals surface area contributed by atoms with E-state index in [0.717, 1.165) is 25.0 Å². The summed E-state index contributed by atoms with van der Waals surface area (Å²) in [5.74, 6) is -0.322. The van der Waals surface area contributed by atoms with E-state index in [0.29, 0.717) is 18.8 Å². The minimum atomic E-state index is -0.322. The lowest BCUT2D eigenvalue weighted by Crippen LogP contribution is -2.14. The second-order valence-electron chi connectivity index (χ2n) is 5.89. The van der Waals surface area contributed by atoms with Crippen LogP contribution >= 0.6 is 0 Å². The van der Waals surface area contributed by atoms with Crippen LogP contribution in [-0.2, 0) is 16.7 Å². The minimum Gasteiger partial charge on any atom is -0.461 e. The van der Waals surface area contributed by atoms with Gasteiger partial charge in [-0.3, -0.25) is 4.68 Å². The van der Waals surface area contributed by atoms with Crippen LogP contribution in [0.1, 0.15) is 63.1 Å². The van der Waals surface area contributed by atoms with Gasteiger partial charge >= 0.3 is 5.97 Å². The third-order valence-corrected chi connectivity index (χ3v) is 3.06. The van der Waals surface area contributed by atoms with Crippen molar-refractivity contribution < 1.29 is 14.6 Å². The molecule has 5 nitrogen and oxygen atoms in total. The van der Waals surface area contributed by atoms with Crippen molar-refractivity contribution in [2.24, 2.45) is 0 Å². The van der Waals surface area contributed by atoms with Gasteiger partial charge in [-0.15, -0.1) is 0 Å². The molecule has 5 heteroatoms. The van der Waals surface area contributed by atoms with E-state index in [1.54, 1.807) is 11.6 Å². The highest BCUT2D eigenvalue weighted by Gasteiger charge is 2.23. The molecule has 0 aliphatic heterocycles. The fourth-order valence-corrected chi connectivity index (χ4v) is 1.87. The topological polar surface area (TPSA) is 64.3 Å². The molecule has 0 aromatic carbocycles. The van der Waals surface area contributed by atoms with E-state index < -0.39 is 0 Å². The summed E-state index contributed by atoms with van der Waals surface area (Å²) in [6.07, 6.45) is 2.59. The van der Waals surface area contributed by atoms with Crippen molar-refractivity contribution >= 4 is 5.97 Å². The summed E-state index contributed by atoms with van der Waals surface area (Å²) in [6.45, 7) is 9.24. The fraction of sp³-hybridized carbons (Fsp3) is 0.733. The number of aromatic nitrogens is 2. The first-order valence-electron chi connectivity index (χ1n) is 7.26. The summed E-state index contributed by atoms with van der Waals surface area (Å²) in [6, 6.07) is 1.82. The summed E-state index contributed by atoms with van der Waals surface area (Å²) in [4.78, 5) is 12.0. The van der Waals surface area contributed by atoms with Gasteiger partial charge in [0.05, 0.1) is 12.3 Å². The van der Waals surface area contributed by atoms with E-state index in [2.05, 4.69) is 25.9 Å². The first kappa shape index (κ1) is 16.7. The van der Waals surface area contributed by atoms with Crippen LogP contribution in [0.25, 0.3) is 0 Å². The molecule has 114 valence electrons. The lowest BCUT2D eigenvalue weighted by atomic mass is 9.92. The van der Waals surface area contributed by atoms with Crippen molar-refractivity contribution in [1.82, 2.24) is 9.78 Å². The van der Waals surface area contributed by atoms with E-state index in [-0.39, 0.29) is 18.0 Å². The minimum absolute atomic E-state index is 0.0996. The van der Waals surface area contributed by atoms with Gasteiger partial charge in [0, 0.05) is 18.6 Å². The zero-order valence-electron chi connectivity index (χ0n) is 13.0. The van der Waals surface area contributed by atoms with Gasteiger partial charge in [-0.05, 0) is 32.3 Å². The van der Waals surface area contributed by atoms with Gasteiger partial charge in [0.25, 0.3) is 0 Å². The largest absolute Gasteiger partial charge is 0.461 e. The molecule has 20 heavy (non-hydrogen) atoms.